The predicted molar refractivity (Wildman–Crippen MR) is 61.7 cm³/mol. The number of halogens is 3. The van der Waals surface area contributed by atoms with Gasteiger partial charge in [0.2, 0.25) is 5.88 Å². The Bertz CT molecular complexity index is 358. The van der Waals surface area contributed by atoms with E-state index in [0.29, 0.717) is 24.6 Å². The zero-order valence-electron chi connectivity index (χ0n) is 10.3. The third-order valence-corrected chi connectivity index (χ3v) is 1.96. The minimum Gasteiger partial charge on any atom is -0.468 e. The van der Waals surface area contributed by atoms with Crippen LogP contribution in [0, 0.1) is 0 Å². The SMILES string of the molecule is CCCc1nc(NCC)cc(OCC(F)(F)F)n1. The van der Waals surface area contributed by atoms with Gasteiger partial charge in [0, 0.05) is 19.0 Å². The molecular weight excluding hydrogens is 247 g/mol. The van der Waals surface area contributed by atoms with Gasteiger partial charge in [0.05, 0.1) is 0 Å². The molecule has 0 spiro atoms. The Morgan fingerprint density at radius 2 is 2.00 bits per heavy atom. The van der Waals surface area contributed by atoms with Crippen LogP contribution in [0.3, 0.4) is 0 Å². The van der Waals surface area contributed by atoms with Gasteiger partial charge in [-0.15, -0.1) is 0 Å². The van der Waals surface area contributed by atoms with Crippen LogP contribution >= 0.6 is 0 Å². The molecule has 0 unspecified atom stereocenters. The highest BCUT2D eigenvalue weighted by atomic mass is 19.4. The van der Waals surface area contributed by atoms with Crippen LogP contribution in [0.1, 0.15) is 26.1 Å². The lowest BCUT2D eigenvalue weighted by molar-refractivity contribution is -0.154. The first-order chi connectivity index (χ1) is 8.44. The van der Waals surface area contributed by atoms with Gasteiger partial charge in [-0.3, -0.25) is 0 Å². The van der Waals surface area contributed by atoms with Crippen LogP contribution in [0.25, 0.3) is 0 Å². The minimum atomic E-state index is -4.37. The third kappa shape index (κ3) is 5.20. The molecule has 4 nitrogen and oxygen atoms in total. The van der Waals surface area contributed by atoms with Crippen molar-refractivity contribution >= 4 is 5.82 Å². The molecule has 0 saturated heterocycles. The van der Waals surface area contributed by atoms with E-state index < -0.39 is 12.8 Å². The quantitative estimate of drug-likeness (QED) is 0.857. The van der Waals surface area contributed by atoms with Crippen molar-refractivity contribution < 1.29 is 17.9 Å². The number of ether oxygens (including phenoxy) is 1. The topological polar surface area (TPSA) is 47.0 Å². The fourth-order valence-electron chi connectivity index (χ4n) is 1.31. The van der Waals surface area contributed by atoms with E-state index in [1.165, 1.54) is 6.07 Å². The molecule has 1 aromatic heterocycles. The van der Waals surface area contributed by atoms with Crippen LogP contribution < -0.4 is 10.1 Å². The first-order valence-electron chi connectivity index (χ1n) is 5.76. The van der Waals surface area contributed by atoms with Crippen molar-refractivity contribution in [3.8, 4) is 5.88 Å². The number of hydrogen-bond acceptors (Lipinski definition) is 4. The number of aryl methyl sites for hydroxylation is 1. The van der Waals surface area contributed by atoms with Crippen molar-refractivity contribution in [1.82, 2.24) is 9.97 Å². The van der Waals surface area contributed by atoms with Gasteiger partial charge in [-0.1, -0.05) is 6.92 Å². The molecule has 0 aliphatic rings. The summed E-state index contributed by atoms with van der Waals surface area (Å²) in [6, 6.07) is 1.37. The summed E-state index contributed by atoms with van der Waals surface area (Å²) in [5.74, 6) is 0.906. The summed E-state index contributed by atoms with van der Waals surface area (Å²) in [6.45, 7) is 3.10. The second-order valence-electron chi connectivity index (χ2n) is 3.69. The van der Waals surface area contributed by atoms with E-state index in [2.05, 4.69) is 20.0 Å². The maximum Gasteiger partial charge on any atom is 0.422 e. The van der Waals surface area contributed by atoms with E-state index in [1.807, 2.05) is 13.8 Å². The number of hydrogen-bond donors (Lipinski definition) is 1. The van der Waals surface area contributed by atoms with Crippen molar-refractivity contribution in [2.24, 2.45) is 0 Å². The third-order valence-electron chi connectivity index (χ3n) is 1.96. The van der Waals surface area contributed by atoms with Crippen LogP contribution in [0.2, 0.25) is 0 Å². The maximum absolute atomic E-state index is 12.1. The fourth-order valence-corrected chi connectivity index (χ4v) is 1.31. The van der Waals surface area contributed by atoms with E-state index in [9.17, 15) is 13.2 Å². The van der Waals surface area contributed by atoms with Gasteiger partial charge in [-0.2, -0.15) is 18.2 Å². The first-order valence-corrected chi connectivity index (χ1v) is 5.76. The average Bonchev–Trinajstić information content (AvgIpc) is 2.26. The molecule has 0 bridgehead atoms. The van der Waals surface area contributed by atoms with E-state index in [4.69, 9.17) is 0 Å². The van der Waals surface area contributed by atoms with Gasteiger partial charge < -0.3 is 10.1 Å². The Hall–Kier alpha value is -1.53. The van der Waals surface area contributed by atoms with Crippen molar-refractivity contribution in [3.05, 3.63) is 11.9 Å². The number of nitrogens with zero attached hydrogens (tertiary/aromatic N) is 2. The molecule has 0 aliphatic carbocycles. The molecule has 1 rings (SSSR count). The van der Waals surface area contributed by atoms with Crippen molar-refractivity contribution in [2.75, 3.05) is 18.5 Å². The Kier molecular flexibility index (Phi) is 5.18. The highest BCUT2D eigenvalue weighted by molar-refractivity contribution is 5.38. The zero-order valence-corrected chi connectivity index (χ0v) is 10.3. The summed E-state index contributed by atoms with van der Waals surface area (Å²) in [5.41, 5.74) is 0. The molecule has 0 saturated carbocycles. The first kappa shape index (κ1) is 14.5. The van der Waals surface area contributed by atoms with Crippen LogP contribution in [0.5, 0.6) is 5.88 Å². The summed E-state index contributed by atoms with van der Waals surface area (Å²) in [5, 5.41) is 2.93. The second kappa shape index (κ2) is 6.42. The summed E-state index contributed by atoms with van der Waals surface area (Å²) < 4.78 is 40.8. The van der Waals surface area contributed by atoms with Gasteiger partial charge >= 0.3 is 6.18 Å². The molecular formula is C11H16F3N3O. The van der Waals surface area contributed by atoms with Gasteiger partial charge in [-0.05, 0) is 13.3 Å². The van der Waals surface area contributed by atoms with Gasteiger partial charge in [0.25, 0.3) is 0 Å². The van der Waals surface area contributed by atoms with E-state index in [0.717, 1.165) is 6.42 Å². The summed E-state index contributed by atoms with van der Waals surface area (Å²) in [4.78, 5) is 8.11. The lowest BCUT2D eigenvalue weighted by Gasteiger charge is -2.11. The molecule has 18 heavy (non-hydrogen) atoms. The van der Waals surface area contributed by atoms with Gasteiger partial charge in [0.15, 0.2) is 6.61 Å². The van der Waals surface area contributed by atoms with Crippen LogP contribution in [-0.4, -0.2) is 29.3 Å². The summed E-state index contributed by atoms with van der Waals surface area (Å²) in [6.07, 6.45) is -2.95. The zero-order chi connectivity index (χ0) is 13.6. The van der Waals surface area contributed by atoms with E-state index in [1.54, 1.807) is 0 Å². The fraction of sp³-hybridized carbons (Fsp3) is 0.636. The molecule has 0 aliphatic heterocycles. The van der Waals surface area contributed by atoms with Crippen LogP contribution in [0.4, 0.5) is 19.0 Å². The molecule has 0 atom stereocenters. The van der Waals surface area contributed by atoms with E-state index >= 15 is 0 Å². The monoisotopic (exact) mass is 263 g/mol. The number of anilines is 1. The lowest BCUT2D eigenvalue weighted by atomic mass is 10.3. The Labute approximate surface area is 104 Å². The number of alkyl halides is 3. The second-order valence-corrected chi connectivity index (χ2v) is 3.69. The smallest absolute Gasteiger partial charge is 0.422 e. The Morgan fingerprint density at radius 1 is 1.28 bits per heavy atom. The predicted octanol–water partition coefficient (Wildman–Crippen LogP) is 2.80. The van der Waals surface area contributed by atoms with Gasteiger partial charge in [-0.25, -0.2) is 4.98 Å². The molecule has 1 aromatic rings. The summed E-state index contributed by atoms with van der Waals surface area (Å²) >= 11 is 0. The largest absolute Gasteiger partial charge is 0.468 e. The van der Waals surface area contributed by atoms with Crippen LogP contribution in [-0.2, 0) is 6.42 Å². The molecule has 1 heterocycles. The highest BCUT2D eigenvalue weighted by Crippen LogP contribution is 2.19. The number of rotatable bonds is 6. The normalized spacial score (nSPS) is 11.4. The lowest BCUT2D eigenvalue weighted by Crippen LogP contribution is -2.20. The maximum atomic E-state index is 12.1. The molecule has 7 heteroatoms. The Morgan fingerprint density at radius 3 is 2.56 bits per heavy atom. The highest BCUT2D eigenvalue weighted by Gasteiger charge is 2.28. The molecule has 1 N–H and O–H groups in total. The number of aromatic nitrogens is 2. The molecule has 102 valence electrons. The Balaban J connectivity index is 2.81. The van der Waals surface area contributed by atoms with Crippen LogP contribution in [0.15, 0.2) is 6.07 Å². The standard InChI is InChI=1S/C11H16F3N3O/c1-3-5-8-16-9(15-4-2)6-10(17-8)18-7-11(12,13)14/h6H,3-5,7H2,1-2H3,(H,15,16,17). The van der Waals surface area contributed by atoms with Crippen molar-refractivity contribution in [1.29, 1.82) is 0 Å². The molecule has 0 aromatic carbocycles. The average molecular weight is 263 g/mol. The summed E-state index contributed by atoms with van der Waals surface area (Å²) in [7, 11) is 0. The van der Waals surface area contributed by atoms with Crippen molar-refractivity contribution in [2.45, 2.75) is 32.9 Å². The van der Waals surface area contributed by atoms with E-state index in [-0.39, 0.29) is 5.88 Å². The molecule has 0 amide bonds. The minimum absolute atomic E-state index is 0.0540. The molecule has 0 fully saturated rings. The molecule has 0 radical (unpaired) electrons. The number of nitrogens with one attached hydrogen (secondary N) is 1. The van der Waals surface area contributed by atoms with Crippen molar-refractivity contribution in [3.63, 3.8) is 0 Å². The van der Waals surface area contributed by atoms with Gasteiger partial charge in [0.1, 0.15) is 11.6 Å².